The molecule has 4 aromatic rings. The van der Waals surface area contributed by atoms with E-state index in [1.54, 1.807) is 12.1 Å². The maximum Gasteiger partial charge on any atom is 0.240 e. The Labute approximate surface area is 217 Å². The molecule has 1 aromatic heterocycles. The molecular formula is C28H33N5O3S. The van der Waals surface area contributed by atoms with Gasteiger partial charge in [0.1, 0.15) is 5.82 Å². The molecule has 0 bridgehead atoms. The average Bonchev–Trinajstić information content (AvgIpc) is 2.94. The molecule has 1 fully saturated rings. The number of aromatic nitrogens is 2. The summed E-state index contributed by atoms with van der Waals surface area (Å²) in [6.45, 7) is 1.69. The number of hydrogen-bond donors (Lipinski definition) is 4. The summed E-state index contributed by atoms with van der Waals surface area (Å²) in [5, 5.41) is 18.6. The Kier molecular flexibility index (Phi) is 7.83. The Morgan fingerprint density at radius 2 is 1.51 bits per heavy atom. The second-order valence-corrected chi connectivity index (χ2v) is 11.5. The molecule has 3 aromatic carbocycles. The normalized spacial score (nSPS) is 18.2. The van der Waals surface area contributed by atoms with Crippen LogP contribution >= 0.6 is 0 Å². The number of anilines is 2. The van der Waals surface area contributed by atoms with Gasteiger partial charge in [0.2, 0.25) is 16.0 Å². The molecule has 0 atom stereocenters. The summed E-state index contributed by atoms with van der Waals surface area (Å²) in [5.74, 6) is 2.10. The van der Waals surface area contributed by atoms with Crippen LogP contribution in [-0.2, 0) is 10.0 Å². The van der Waals surface area contributed by atoms with Crippen molar-refractivity contribution >= 4 is 43.5 Å². The molecule has 1 aliphatic carbocycles. The Bertz CT molecular complexity index is 1470. The zero-order valence-electron chi connectivity index (χ0n) is 20.7. The lowest BCUT2D eigenvalue weighted by molar-refractivity contribution is 0.284. The van der Waals surface area contributed by atoms with Crippen molar-refractivity contribution in [3.63, 3.8) is 0 Å². The van der Waals surface area contributed by atoms with Gasteiger partial charge in [0.15, 0.2) is 0 Å². The van der Waals surface area contributed by atoms with Crippen LogP contribution in [0.2, 0.25) is 0 Å². The summed E-state index contributed by atoms with van der Waals surface area (Å²) in [7, 11) is -3.54. The summed E-state index contributed by atoms with van der Waals surface area (Å²) in [6, 6.07) is 20.9. The van der Waals surface area contributed by atoms with E-state index in [0.717, 1.165) is 53.9 Å². The van der Waals surface area contributed by atoms with E-state index >= 15 is 0 Å². The molecule has 0 spiro atoms. The van der Waals surface area contributed by atoms with E-state index in [2.05, 4.69) is 25.3 Å². The highest BCUT2D eigenvalue weighted by atomic mass is 32.2. The molecule has 0 saturated heterocycles. The lowest BCUT2D eigenvalue weighted by atomic mass is 9.82. The molecule has 0 radical (unpaired) electrons. The highest BCUT2D eigenvalue weighted by molar-refractivity contribution is 7.89. The zero-order valence-corrected chi connectivity index (χ0v) is 21.5. The molecule has 0 amide bonds. The summed E-state index contributed by atoms with van der Waals surface area (Å²) >= 11 is 0. The number of sulfonamides is 1. The van der Waals surface area contributed by atoms with E-state index in [1.807, 2.05) is 54.6 Å². The Balaban J connectivity index is 1.13. The topological polar surface area (TPSA) is 116 Å². The Morgan fingerprint density at radius 3 is 2.30 bits per heavy atom. The first kappa shape index (κ1) is 25.4. The molecule has 8 nitrogen and oxygen atoms in total. The molecular weight excluding hydrogens is 486 g/mol. The zero-order chi connectivity index (χ0) is 25.7. The maximum atomic E-state index is 12.9. The van der Waals surface area contributed by atoms with Gasteiger partial charge in [-0.15, -0.1) is 0 Å². The number of benzene rings is 3. The van der Waals surface area contributed by atoms with Gasteiger partial charge in [0.25, 0.3) is 0 Å². The van der Waals surface area contributed by atoms with E-state index < -0.39 is 10.0 Å². The third-order valence-electron chi connectivity index (χ3n) is 7.12. The van der Waals surface area contributed by atoms with Crippen molar-refractivity contribution in [1.29, 1.82) is 0 Å². The molecule has 0 aliphatic heterocycles. The van der Waals surface area contributed by atoms with Crippen molar-refractivity contribution in [2.75, 3.05) is 36.9 Å². The van der Waals surface area contributed by atoms with Crippen molar-refractivity contribution in [3.8, 4) is 0 Å². The second-order valence-electron chi connectivity index (χ2n) is 9.69. The maximum absolute atomic E-state index is 12.9. The fourth-order valence-corrected chi connectivity index (χ4v) is 6.14. The van der Waals surface area contributed by atoms with Gasteiger partial charge in [-0.1, -0.05) is 42.5 Å². The molecule has 194 valence electrons. The van der Waals surface area contributed by atoms with Crippen LogP contribution < -0.4 is 15.4 Å². The lowest BCUT2D eigenvalue weighted by Crippen LogP contribution is -2.32. The monoisotopic (exact) mass is 519 g/mol. The number of rotatable bonds is 10. The lowest BCUT2D eigenvalue weighted by Gasteiger charge is -2.28. The summed E-state index contributed by atoms with van der Waals surface area (Å²) in [4.78, 5) is 9.58. The van der Waals surface area contributed by atoms with E-state index in [9.17, 15) is 13.5 Å². The summed E-state index contributed by atoms with van der Waals surface area (Å²) < 4.78 is 28.6. The van der Waals surface area contributed by atoms with Gasteiger partial charge in [0, 0.05) is 25.0 Å². The van der Waals surface area contributed by atoms with Gasteiger partial charge < -0.3 is 15.7 Å². The van der Waals surface area contributed by atoms with Crippen molar-refractivity contribution < 1.29 is 13.5 Å². The highest BCUT2D eigenvalue weighted by Gasteiger charge is 2.24. The molecule has 1 aliphatic rings. The van der Waals surface area contributed by atoms with Crippen LogP contribution in [0.1, 0.15) is 25.7 Å². The number of nitrogens with zero attached hydrogens (tertiary/aromatic N) is 2. The fraction of sp³-hybridized carbons (Fsp3) is 0.357. The number of aliphatic hydroxyl groups excluding tert-OH is 1. The van der Waals surface area contributed by atoms with Gasteiger partial charge >= 0.3 is 0 Å². The van der Waals surface area contributed by atoms with Crippen molar-refractivity contribution in [2.24, 2.45) is 11.8 Å². The van der Waals surface area contributed by atoms with Crippen LogP contribution in [0.4, 0.5) is 11.8 Å². The van der Waals surface area contributed by atoms with Gasteiger partial charge in [-0.3, -0.25) is 0 Å². The Morgan fingerprint density at radius 1 is 0.811 bits per heavy atom. The minimum absolute atomic E-state index is 0.0305. The van der Waals surface area contributed by atoms with Crippen LogP contribution in [-0.4, -0.2) is 49.7 Å². The number of aliphatic hydroxyl groups is 1. The summed E-state index contributed by atoms with van der Waals surface area (Å²) in [6.07, 6.45) is 4.01. The van der Waals surface area contributed by atoms with Gasteiger partial charge in [-0.05, 0) is 72.6 Å². The quantitative estimate of drug-likeness (QED) is 0.246. The SMILES string of the molecule is O=S(=O)(NC[C@H]1CC[C@H](CNc2nc(NCCO)c3ccccc3n2)CC1)c1ccc2ccccc2c1. The first-order valence-electron chi connectivity index (χ1n) is 12.9. The number of para-hydroxylation sites is 1. The molecule has 4 N–H and O–H groups in total. The largest absolute Gasteiger partial charge is 0.395 e. The van der Waals surface area contributed by atoms with Gasteiger partial charge in [-0.25, -0.2) is 18.1 Å². The molecule has 5 rings (SSSR count). The Hall–Kier alpha value is -3.27. The van der Waals surface area contributed by atoms with E-state index in [0.29, 0.717) is 41.6 Å². The minimum Gasteiger partial charge on any atom is -0.395 e. The van der Waals surface area contributed by atoms with Crippen molar-refractivity contribution in [2.45, 2.75) is 30.6 Å². The predicted octanol–water partition coefficient (Wildman–Crippen LogP) is 4.38. The molecule has 0 unspecified atom stereocenters. The molecule has 1 saturated carbocycles. The standard InChI is InChI=1S/C28H33N5O3S/c34-16-15-29-27-25-7-3-4-8-26(25)32-28(33-27)30-18-20-9-11-21(12-10-20)19-31-37(35,36)24-14-13-22-5-1-2-6-23(22)17-24/h1-8,13-14,17,20-21,31,34H,9-12,15-16,18-19H2,(H2,29,30,32,33)/t20-,21-. The first-order valence-corrected chi connectivity index (χ1v) is 14.3. The number of nitrogens with one attached hydrogen (secondary N) is 3. The van der Waals surface area contributed by atoms with E-state index in [-0.39, 0.29) is 6.61 Å². The van der Waals surface area contributed by atoms with Gasteiger partial charge in [0.05, 0.1) is 17.0 Å². The fourth-order valence-electron chi connectivity index (χ4n) is 4.99. The van der Waals surface area contributed by atoms with Crippen LogP contribution in [0.3, 0.4) is 0 Å². The summed E-state index contributed by atoms with van der Waals surface area (Å²) in [5.41, 5.74) is 0.850. The average molecular weight is 520 g/mol. The van der Waals surface area contributed by atoms with E-state index in [4.69, 9.17) is 0 Å². The van der Waals surface area contributed by atoms with Crippen LogP contribution in [0.25, 0.3) is 21.7 Å². The predicted molar refractivity (Wildman–Crippen MR) is 148 cm³/mol. The van der Waals surface area contributed by atoms with E-state index in [1.165, 1.54) is 0 Å². The van der Waals surface area contributed by atoms with Crippen LogP contribution in [0.15, 0.2) is 71.6 Å². The molecule has 1 heterocycles. The van der Waals surface area contributed by atoms with Crippen LogP contribution in [0, 0.1) is 11.8 Å². The molecule has 9 heteroatoms. The first-order chi connectivity index (χ1) is 18.0. The van der Waals surface area contributed by atoms with Crippen molar-refractivity contribution in [1.82, 2.24) is 14.7 Å². The number of hydrogen-bond acceptors (Lipinski definition) is 7. The third-order valence-corrected chi connectivity index (χ3v) is 8.54. The van der Waals surface area contributed by atoms with Crippen molar-refractivity contribution in [3.05, 3.63) is 66.7 Å². The highest BCUT2D eigenvalue weighted by Crippen LogP contribution is 2.29. The number of fused-ring (bicyclic) bond motifs is 2. The molecule has 37 heavy (non-hydrogen) atoms. The van der Waals surface area contributed by atoms with Gasteiger partial charge in [-0.2, -0.15) is 4.98 Å². The van der Waals surface area contributed by atoms with Crippen LogP contribution in [0.5, 0.6) is 0 Å². The second kappa shape index (κ2) is 11.4. The smallest absolute Gasteiger partial charge is 0.240 e. The minimum atomic E-state index is -3.54. The third kappa shape index (κ3) is 6.18.